The summed E-state index contributed by atoms with van der Waals surface area (Å²) < 4.78 is 0. The average molecular weight is 385 g/mol. The highest BCUT2D eigenvalue weighted by Gasteiger charge is 2.32. The number of hydrogen-bond donors (Lipinski definition) is 2. The van der Waals surface area contributed by atoms with Crippen molar-refractivity contribution in [2.24, 2.45) is 0 Å². The minimum atomic E-state index is -0.703. The molecule has 0 aliphatic rings. The summed E-state index contributed by atoms with van der Waals surface area (Å²) in [6.45, 7) is 1.85. The van der Waals surface area contributed by atoms with E-state index in [1.807, 2.05) is 18.2 Å². The Labute approximate surface area is 163 Å². The summed E-state index contributed by atoms with van der Waals surface area (Å²) in [7, 11) is 5.06. The summed E-state index contributed by atoms with van der Waals surface area (Å²) in [5.41, 5.74) is 1.41. The summed E-state index contributed by atoms with van der Waals surface area (Å²) in [4.78, 5) is 38.2. The van der Waals surface area contributed by atoms with E-state index in [0.717, 1.165) is 11.1 Å². The molecule has 2 rings (SSSR count). The second-order valence-corrected chi connectivity index (χ2v) is 6.92. The molecular weight excluding hydrogens is 360 g/mol. The van der Waals surface area contributed by atoms with Gasteiger partial charge in [-0.25, -0.2) is 0 Å². The molecule has 0 saturated carbocycles. The molecule has 0 aromatic heterocycles. The van der Waals surface area contributed by atoms with E-state index in [2.05, 4.69) is 5.32 Å². The Bertz CT molecular complexity index is 868. The van der Waals surface area contributed by atoms with Crippen molar-refractivity contribution in [2.45, 2.75) is 13.0 Å². The number of carbonyl (C=O) groups excluding carboxylic acids is 2. The quantitative estimate of drug-likeness (QED) is 0.553. The fourth-order valence-electron chi connectivity index (χ4n) is 2.91. The highest BCUT2D eigenvalue weighted by molar-refractivity contribution is 5.96. The summed E-state index contributed by atoms with van der Waals surface area (Å²) >= 11 is 0. The summed E-state index contributed by atoms with van der Waals surface area (Å²) in [6, 6.07) is 13.0. The summed E-state index contributed by atoms with van der Waals surface area (Å²) in [5, 5.41) is 14.0. The zero-order valence-electron chi connectivity index (χ0n) is 16.4. The van der Waals surface area contributed by atoms with E-state index in [9.17, 15) is 19.7 Å². The lowest BCUT2D eigenvalue weighted by atomic mass is 10.0. The van der Waals surface area contributed by atoms with Gasteiger partial charge in [0, 0.05) is 25.7 Å². The lowest BCUT2D eigenvalue weighted by Gasteiger charge is -2.25. The van der Waals surface area contributed by atoms with Crippen LogP contribution >= 0.6 is 0 Å². The fourth-order valence-corrected chi connectivity index (χ4v) is 2.91. The molecule has 8 nitrogen and oxygen atoms in total. The maximum atomic E-state index is 13.1. The molecule has 0 aliphatic carbocycles. The number of aryl methyl sites for hydroxylation is 1. The van der Waals surface area contributed by atoms with Gasteiger partial charge in [-0.05, 0) is 18.6 Å². The zero-order valence-corrected chi connectivity index (χ0v) is 16.4. The third-order valence-corrected chi connectivity index (χ3v) is 4.42. The van der Waals surface area contributed by atoms with Gasteiger partial charge in [-0.3, -0.25) is 19.7 Å². The van der Waals surface area contributed by atoms with Crippen LogP contribution in [0.25, 0.3) is 0 Å². The number of nitrogens with zero attached hydrogens (tertiary/aromatic N) is 2. The molecule has 0 radical (unpaired) electrons. The predicted molar refractivity (Wildman–Crippen MR) is 106 cm³/mol. The number of nitro benzene ring substituents is 1. The smallest absolute Gasteiger partial charge is 0.293 e. The monoisotopic (exact) mass is 385 g/mol. The highest BCUT2D eigenvalue weighted by Crippen LogP contribution is 2.26. The van der Waals surface area contributed by atoms with E-state index in [-0.39, 0.29) is 23.8 Å². The number of likely N-dealkylation sites (N-methyl/N-ethyl adjacent to an activating group) is 2. The van der Waals surface area contributed by atoms with Gasteiger partial charge in [0.05, 0.1) is 12.0 Å². The lowest BCUT2D eigenvalue weighted by Crippen LogP contribution is -3.11. The van der Waals surface area contributed by atoms with E-state index >= 15 is 0 Å². The summed E-state index contributed by atoms with van der Waals surface area (Å²) in [5.74, 6) is -0.533. The van der Waals surface area contributed by atoms with Crippen LogP contribution < -0.4 is 10.2 Å². The average Bonchev–Trinajstić information content (AvgIpc) is 2.64. The Balaban J connectivity index is 2.35. The minimum Gasteiger partial charge on any atom is -0.344 e. The standard InChI is InChI=1S/C20H24N4O4/c1-14-10-11-16(17(12-14)24(27)28)21-20(26)19(15-8-6-5-7-9-15)23(4)13-18(25)22(2)3/h5-12,19H,13H2,1-4H3,(H,21,26)/p+1/t19-/m1/s1. The number of benzene rings is 2. The summed E-state index contributed by atoms with van der Waals surface area (Å²) in [6.07, 6.45) is 0. The Morgan fingerprint density at radius 2 is 1.82 bits per heavy atom. The van der Waals surface area contributed by atoms with Crippen LogP contribution in [0.2, 0.25) is 0 Å². The van der Waals surface area contributed by atoms with E-state index in [4.69, 9.17) is 0 Å². The number of rotatable bonds is 7. The van der Waals surface area contributed by atoms with Gasteiger partial charge in [-0.1, -0.05) is 36.4 Å². The van der Waals surface area contributed by atoms with Crippen molar-refractivity contribution in [3.8, 4) is 0 Å². The molecule has 0 saturated heterocycles. The Morgan fingerprint density at radius 1 is 1.18 bits per heavy atom. The largest absolute Gasteiger partial charge is 0.344 e. The maximum absolute atomic E-state index is 13.1. The van der Waals surface area contributed by atoms with Crippen molar-refractivity contribution < 1.29 is 19.4 Å². The molecule has 8 heteroatoms. The number of quaternary nitrogens is 1. The van der Waals surface area contributed by atoms with Crippen molar-refractivity contribution in [2.75, 3.05) is 33.0 Å². The normalized spacial score (nSPS) is 12.7. The number of carbonyl (C=O) groups is 2. The van der Waals surface area contributed by atoms with Crippen LogP contribution in [0.15, 0.2) is 48.5 Å². The van der Waals surface area contributed by atoms with Crippen LogP contribution in [0, 0.1) is 17.0 Å². The van der Waals surface area contributed by atoms with Gasteiger partial charge >= 0.3 is 0 Å². The molecule has 2 N–H and O–H groups in total. The number of amides is 2. The van der Waals surface area contributed by atoms with Crippen molar-refractivity contribution >= 4 is 23.2 Å². The number of hydrogen-bond acceptors (Lipinski definition) is 4. The fraction of sp³-hybridized carbons (Fsp3) is 0.300. The van der Waals surface area contributed by atoms with Crippen LogP contribution in [0.4, 0.5) is 11.4 Å². The van der Waals surface area contributed by atoms with Gasteiger partial charge in [0.25, 0.3) is 17.5 Å². The van der Waals surface area contributed by atoms with E-state index in [1.54, 1.807) is 46.3 Å². The zero-order chi connectivity index (χ0) is 20.8. The maximum Gasteiger partial charge on any atom is 0.293 e. The third-order valence-electron chi connectivity index (χ3n) is 4.42. The molecule has 1 unspecified atom stereocenters. The SMILES string of the molecule is Cc1ccc(NC(=O)[C@@H](c2ccccc2)[NH+](C)CC(=O)N(C)C)c([N+](=O)[O-])c1. The molecule has 2 amide bonds. The number of nitro groups is 1. The van der Waals surface area contributed by atoms with E-state index < -0.39 is 16.9 Å². The van der Waals surface area contributed by atoms with Crippen molar-refractivity contribution in [3.63, 3.8) is 0 Å². The highest BCUT2D eigenvalue weighted by atomic mass is 16.6. The van der Waals surface area contributed by atoms with Crippen LogP contribution in [-0.2, 0) is 9.59 Å². The minimum absolute atomic E-state index is 0.107. The molecule has 2 aromatic rings. The molecule has 0 heterocycles. The van der Waals surface area contributed by atoms with Gasteiger partial charge in [0.15, 0.2) is 12.6 Å². The first kappa shape index (κ1) is 21.0. The topological polar surface area (TPSA) is 97.0 Å². The Hall–Kier alpha value is -3.26. The van der Waals surface area contributed by atoms with Crippen molar-refractivity contribution in [1.82, 2.24) is 4.90 Å². The Morgan fingerprint density at radius 3 is 2.39 bits per heavy atom. The molecule has 0 aliphatic heterocycles. The third kappa shape index (κ3) is 5.14. The van der Waals surface area contributed by atoms with Gasteiger partial charge in [0.1, 0.15) is 5.69 Å². The molecule has 0 spiro atoms. The van der Waals surface area contributed by atoms with Crippen LogP contribution in [0.1, 0.15) is 17.2 Å². The Kier molecular flexibility index (Phi) is 6.84. The predicted octanol–water partition coefficient (Wildman–Crippen LogP) is 1.19. The molecule has 2 aromatic carbocycles. The van der Waals surface area contributed by atoms with Crippen molar-refractivity contribution in [1.29, 1.82) is 0 Å². The van der Waals surface area contributed by atoms with E-state index in [0.29, 0.717) is 4.90 Å². The van der Waals surface area contributed by atoms with Gasteiger partial charge in [-0.2, -0.15) is 0 Å². The molecule has 0 bridgehead atoms. The second-order valence-electron chi connectivity index (χ2n) is 6.92. The van der Waals surface area contributed by atoms with Gasteiger partial charge in [-0.15, -0.1) is 0 Å². The molecule has 2 atom stereocenters. The molecule has 0 fully saturated rings. The van der Waals surface area contributed by atoms with Crippen LogP contribution in [0.5, 0.6) is 0 Å². The molecule has 28 heavy (non-hydrogen) atoms. The number of anilines is 1. The van der Waals surface area contributed by atoms with Gasteiger partial charge in [0.2, 0.25) is 0 Å². The molecule has 148 valence electrons. The van der Waals surface area contributed by atoms with E-state index in [1.165, 1.54) is 17.0 Å². The second kappa shape index (κ2) is 9.09. The van der Waals surface area contributed by atoms with Crippen LogP contribution in [-0.4, -0.2) is 49.3 Å². The first-order valence-corrected chi connectivity index (χ1v) is 8.84. The first-order chi connectivity index (χ1) is 13.2. The number of nitrogens with one attached hydrogen (secondary N) is 2. The van der Waals surface area contributed by atoms with Crippen molar-refractivity contribution in [3.05, 3.63) is 69.8 Å². The molecular formula is C20H25N4O4+. The van der Waals surface area contributed by atoms with Gasteiger partial charge < -0.3 is 15.1 Å². The first-order valence-electron chi connectivity index (χ1n) is 8.84. The van der Waals surface area contributed by atoms with Crippen LogP contribution in [0.3, 0.4) is 0 Å². The lowest BCUT2D eigenvalue weighted by molar-refractivity contribution is -0.894.